The van der Waals surface area contributed by atoms with E-state index in [2.05, 4.69) is 24.1 Å². The Balaban J connectivity index is 2.54. The second-order valence-corrected chi connectivity index (χ2v) is 5.18. The molecule has 1 aromatic rings. The number of hydrogen-bond acceptors (Lipinski definition) is 4. The van der Waals surface area contributed by atoms with E-state index in [-0.39, 0.29) is 0 Å². The van der Waals surface area contributed by atoms with Crippen LogP contribution in [0.5, 0.6) is 5.75 Å². The molecule has 0 heterocycles. The maximum Gasteiger partial charge on any atom is 0.142 e. The number of likely N-dealkylation sites (N-methyl/N-ethyl adjacent to an activating group) is 1. The summed E-state index contributed by atoms with van der Waals surface area (Å²) in [6.07, 6.45) is 0. The van der Waals surface area contributed by atoms with Crippen LogP contribution in [0.4, 0.5) is 0 Å². The lowest BCUT2D eigenvalue weighted by Crippen LogP contribution is -2.28. The zero-order valence-corrected chi connectivity index (χ0v) is 14.1. The summed E-state index contributed by atoms with van der Waals surface area (Å²) in [4.78, 5) is 2.33. The van der Waals surface area contributed by atoms with E-state index in [4.69, 9.17) is 21.1 Å². The fraction of sp³-hybridized carbons (Fsp3) is 0.625. The lowest BCUT2D eigenvalue weighted by Gasteiger charge is -2.19. The van der Waals surface area contributed by atoms with Crippen LogP contribution in [0.3, 0.4) is 0 Å². The van der Waals surface area contributed by atoms with Gasteiger partial charge in [0.05, 0.1) is 11.6 Å². The quantitative estimate of drug-likeness (QED) is 0.637. The van der Waals surface area contributed by atoms with Crippen molar-refractivity contribution in [1.82, 2.24) is 10.2 Å². The lowest BCUT2D eigenvalue weighted by molar-refractivity contribution is 0.198. The van der Waals surface area contributed by atoms with Crippen LogP contribution in [0.15, 0.2) is 18.2 Å². The molecule has 1 rings (SSSR count). The molecule has 1 N–H and O–H groups in total. The second-order valence-electron chi connectivity index (χ2n) is 4.77. The number of nitrogens with one attached hydrogen (secondary N) is 1. The van der Waals surface area contributed by atoms with E-state index < -0.39 is 0 Å². The third kappa shape index (κ3) is 6.66. The topological polar surface area (TPSA) is 33.7 Å². The summed E-state index contributed by atoms with van der Waals surface area (Å²) < 4.78 is 10.9. The molecule has 0 amide bonds. The summed E-state index contributed by atoms with van der Waals surface area (Å²) in [5, 5.41) is 3.98. The predicted octanol–water partition coefficient (Wildman–Crippen LogP) is 2.80. The summed E-state index contributed by atoms with van der Waals surface area (Å²) in [5.74, 6) is 0.788. The second kappa shape index (κ2) is 10.9. The highest BCUT2D eigenvalue weighted by Gasteiger charge is 2.09. The van der Waals surface area contributed by atoms with Gasteiger partial charge in [0.1, 0.15) is 12.4 Å². The molecule has 120 valence electrons. The highest BCUT2D eigenvalue weighted by atomic mass is 35.5. The molecule has 0 bridgehead atoms. The first kappa shape index (κ1) is 18.2. The van der Waals surface area contributed by atoms with Gasteiger partial charge in [0.25, 0.3) is 0 Å². The van der Waals surface area contributed by atoms with Crippen molar-refractivity contribution in [2.45, 2.75) is 20.4 Å². The molecule has 0 spiro atoms. The molecule has 0 radical (unpaired) electrons. The Bertz CT molecular complexity index is 398. The van der Waals surface area contributed by atoms with Gasteiger partial charge < -0.3 is 19.7 Å². The van der Waals surface area contributed by atoms with Crippen molar-refractivity contribution < 1.29 is 9.47 Å². The maximum absolute atomic E-state index is 6.26. The SMILES string of the molecule is CCN(CC)CCOc1c(Cl)cccc1CNCCOC. The number of hydrogen-bond donors (Lipinski definition) is 1. The summed E-state index contributed by atoms with van der Waals surface area (Å²) in [6.45, 7) is 10.2. The molecule has 0 aliphatic rings. The molecule has 0 atom stereocenters. The van der Waals surface area contributed by atoms with E-state index in [1.54, 1.807) is 7.11 Å². The first-order chi connectivity index (χ1) is 10.2. The molecule has 0 saturated heterocycles. The van der Waals surface area contributed by atoms with Gasteiger partial charge in [-0.25, -0.2) is 0 Å². The van der Waals surface area contributed by atoms with Gasteiger partial charge in [-0.05, 0) is 19.2 Å². The minimum atomic E-state index is 0.649. The van der Waals surface area contributed by atoms with Crippen molar-refractivity contribution in [3.8, 4) is 5.75 Å². The van der Waals surface area contributed by atoms with E-state index in [0.717, 1.165) is 44.0 Å². The predicted molar refractivity (Wildman–Crippen MR) is 88.3 cm³/mol. The van der Waals surface area contributed by atoms with Gasteiger partial charge in [0, 0.05) is 32.3 Å². The van der Waals surface area contributed by atoms with Crippen molar-refractivity contribution >= 4 is 11.6 Å². The molecule has 0 saturated carbocycles. The first-order valence-electron chi connectivity index (χ1n) is 7.55. The molecular weight excluding hydrogens is 288 g/mol. The van der Waals surface area contributed by atoms with Gasteiger partial charge in [-0.2, -0.15) is 0 Å². The Morgan fingerprint density at radius 3 is 2.62 bits per heavy atom. The van der Waals surface area contributed by atoms with Gasteiger partial charge in [0.2, 0.25) is 0 Å². The number of nitrogens with zero attached hydrogens (tertiary/aromatic N) is 1. The number of para-hydroxylation sites is 1. The first-order valence-corrected chi connectivity index (χ1v) is 7.92. The summed E-state index contributed by atoms with van der Waals surface area (Å²) in [6, 6.07) is 5.86. The minimum absolute atomic E-state index is 0.649. The van der Waals surface area contributed by atoms with E-state index in [1.165, 1.54) is 0 Å². The van der Waals surface area contributed by atoms with Gasteiger partial charge >= 0.3 is 0 Å². The molecule has 4 nitrogen and oxygen atoms in total. The highest BCUT2D eigenvalue weighted by molar-refractivity contribution is 6.32. The number of halogens is 1. The van der Waals surface area contributed by atoms with Gasteiger partial charge in [-0.1, -0.05) is 37.6 Å². The van der Waals surface area contributed by atoms with Crippen LogP contribution >= 0.6 is 11.6 Å². The fourth-order valence-electron chi connectivity index (χ4n) is 2.07. The van der Waals surface area contributed by atoms with Gasteiger partial charge in [0.15, 0.2) is 0 Å². The molecule has 1 aromatic carbocycles. The van der Waals surface area contributed by atoms with Crippen molar-refractivity contribution in [3.63, 3.8) is 0 Å². The minimum Gasteiger partial charge on any atom is -0.490 e. The Labute approximate surface area is 133 Å². The van der Waals surface area contributed by atoms with Crippen LogP contribution < -0.4 is 10.1 Å². The van der Waals surface area contributed by atoms with E-state index in [9.17, 15) is 0 Å². The monoisotopic (exact) mass is 314 g/mol. The van der Waals surface area contributed by atoms with E-state index in [1.807, 2.05) is 18.2 Å². The van der Waals surface area contributed by atoms with Crippen molar-refractivity contribution in [2.24, 2.45) is 0 Å². The van der Waals surface area contributed by atoms with Crippen molar-refractivity contribution in [2.75, 3.05) is 46.5 Å². The molecule has 0 unspecified atom stereocenters. The molecule has 0 fully saturated rings. The van der Waals surface area contributed by atoms with Crippen molar-refractivity contribution in [3.05, 3.63) is 28.8 Å². The Kier molecular flexibility index (Phi) is 9.42. The van der Waals surface area contributed by atoms with E-state index >= 15 is 0 Å². The van der Waals surface area contributed by atoms with Gasteiger partial charge in [-0.15, -0.1) is 0 Å². The molecular formula is C16H27ClN2O2. The van der Waals surface area contributed by atoms with Gasteiger partial charge in [-0.3, -0.25) is 0 Å². The number of ether oxygens (including phenoxy) is 2. The maximum atomic E-state index is 6.26. The summed E-state index contributed by atoms with van der Waals surface area (Å²) in [7, 11) is 1.70. The zero-order chi connectivity index (χ0) is 15.5. The van der Waals surface area contributed by atoms with Crippen LogP contribution in [-0.4, -0.2) is 51.4 Å². The lowest BCUT2D eigenvalue weighted by atomic mass is 10.2. The number of benzene rings is 1. The number of rotatable bonds is 11. The number of methoxy groups -OCH3 is 1. The van der Waals surface area contributed by atoms with Crippen LogP contribution in [0, 0.1) is 0 Å². The summed E-state index contributed by atoms with van der Waals surface area (Å²) in [5.41, 5.74) is 1.08. The molecule has 5 heteroatoms. The molecule has 0 aliphatic carbocycles. The van der Waals surface area contributed by atoms with Crippen molar-refractivity contribution in [1.29, 1.82) is 0 Å². The third-order valence-electron chi connectivity index (χ3n) is 3.40. The Morgan fingerprint density at radius 2 is 1.95 bits per heavy atom. The van der Waals surface area contributed by atoms with Crippen LogP contribution in [0.1, 0.15) is 19.4 Å². The molecule has 0 aromatic heterocycles. The average molecular weight is 315 g/mol. The smallest absolute Gasteiger partial charge is 0.142 e. The Hall–Kier alpha value is -0.810. The van der Waals surface area contributed by atoms with Crippen LogP contribution in [-0.2, 0) is 11.3 Å². The zero-order valence-electron chi connectivity index (χ0n) is 13.3. The highest BCUT2D eigenvalue weighted by Crippen LogP contribution is 2.28. The molecule has 0 aliphatic heterocycles. The van der Waals surface area contributed by atoms with Crippen LogP contribution in [0.2, 0.25) is 5.02 Å². The van der Waals surface area contributed by atoms with Crippen LogP contribution in [0.25, 0.3) is 0 Å². The third-order valence-corrected chi connectivity index (χ3v) is 3.69. The molecule has 21 heavy (non-hydrogen) atoms. The standard InChI is InChI=1S/C16H27ClN2O2/c1-4-19(5-2)10-12-21-16-14(7-6-8-15(16)17)13-18-9-11-20-3/h6-8,18H,4-5,9-13H2,1-3H3. The average Bonchev–Trinajstić information content (AvgIpc) is 2.50. The summed E-state index contributed by atoms with van der Waals surface area (Å²) >= 11 is 6.26. The van der Waals surface area contributed by atoms with E-state index in [0.29, 0.717) is 18.2 Å². The Morgan fingerprint density at radius 1 is 1.19 bits per heavy atom. The fourth-order valence-corrected chi connectivity index (χ4v) is 2.32. The normalized spacial score (nSPS) is 11.1. The largest absolute Gasteiger partial charge is 0.490 e.